The van der Waals surface area contributed by atoms with Crippen LogP contribution < -0.4 is 15.4 Å². The molecule has 1 aliphatic rings. The number of carbonyl (C=O) groups is 2. The van der Waals surface area contributed by atoms with Gasteiger partial charge in [-0.1, -0.05) is 6.07 Å². The molecule has 7 heteroatoms. The minimum absolute atomic E-state index is 0.382. The van der Waals surface area contributed by atoms with Crippen molar-refractivity contribution in [3.05, 3.63) is 93.5 Å². The summed E-state index contributed by atoms with van der Waals surface area (Å²) < 4.78 is 6.67. The van der Waals surface area contributed by atoms with Crippen LogP contribution >= 0.6 is 22.6 Å². The molecule has 1 aliphatic heterocycles. The summed E-state index contributed by atoms with van der Waals surface area (Å²) >= 11 is 2.16. The lowest BCUT2D eigenvalue weighted by atomic mass is 9.95. The molecule has 144 valence electrons. The summed E-state index contributed by atoms with van der Waals surface area (Å²) in [6.07, 6.45) is 3.34. The highest BCUT2D eigenvalue weighted by Crippen LogP contribution is 2.26. The number of imide groups is 1. The Bertz CT molecular complexity index is 1100. The molecule has 29 heavy (non-hydrogen) atoms. The van der Waals surface area contributed by atoms with Gasteiger partial charge in [-0.15, -0.1) is 0 Å². The number of rotatable bonds is 5. The van der Waals surface area contributed by atoms with E-state index in [0.29, 0.717) is 23.3 Å². The Balaban J connectivity index is 1.48. The van der Waals surface area contributed by atoms with Crippen molar-refractivity contribution in [1.82, 2.24) is 10.3 Å². The zero-order chi connectivity index (χ0) is 20.2. The molecule has 0 saturated carbocycles. The number of benzene rings is 2. The molecule has 0 saturated heterocycles. The van der Waals surface area contributed by atoms with Crippen LogP contribution in [-0.2, 0) is 11.4 Å². The Kier molecular flexibility index (Phi) is 5.57. The minimum atomic E-state index is -0.424. The first kappa shape index (κ1) is 19.1. The van der Waals surface area contributed by atoms with E-state index in [9.17, 15) is 9.59 Å². The Morgan fingerprint density at radius 2 is 1.83 bits per heavy atom. The summed E-state index contributed by atoms with van der Waals surface area (Å²) in [5.74, 6) is -0.0879. The van der Waals surface area contributed by atoms with Crippen molar-refractivity contribution in [3.63, 3.8) is 0 Å². The fourth-order valence-electron chi connectivity index (χ4n) is 2.88. The second kappa shape index (κ2) is 8.44. The molecule has 0 bridgehead atoms. The van der Waals surface area contributed by atoms with E-state index in [-0.39, 0.29) is 5.91 Å². The molecule has 1 aromatic heterocycles. The van der Waals surface area contributed by atoms with Gasteiger partial charge >= 0.3 is 0 Å². The predicted octanol–water partition coefficient (Wildman–Crippen LogP) is 3.99. The molecule has 0 atom stereocenters. The van der Waals surface area contributed by atoms with Crippen molar-refractivity contribution in [2.24, 2.45) is 0 Å². The van der Waals surface area contributed by atoms with Crippen LogP contribution in [0.3, 0.4) is 0 Å². The minimum Gasteiger partial charge on any atom is -0.487 e. The van der Waals surface area contributed by atoms with E-state index in [0.717, 1.165) is 20.7 Å². The molecule has 4 rings (SSSR count). The van der Waals surface area contributed by atoms with Crippen LogP contribution in [-0.4, -0.2) is 16.8 Å². The van der Waals surface area contributed by atoms with Crippen molar-refractivity contribution in [1.29, 1.82) is 0 Å². The maximum atomic E-state index is 12.3. The van der Waals surface area contributed by atoms with Crippen molar-refractivity contribution in [3.8, 4) is 5.75 Å². The van der Waals surface area contributed by atoms with Crippen LogP contribution in [0.2, 0.25) is 0 Å². The number of ether oxygens (including phenoxy) is 1. The maximum absolute atomic E-state index is 12.3. The average Bonchev–Trinajstić information content (AvgIpc) is 2.73. The molecule has 2 N–H and O–H groups in total. The van der Waals surface area contributed by atoms with Gasteiger partial charge in [-0.25, -0.2) is 0 Å². The second-order valence-corrected chi connectivity index (χ2v) is 7.56. The summed E-state index contributed by atoms with van der Waals surface area (Å²) in [6, 6.07) is 18.5. The molecular weight excluding hydrogens is 481 g/mol. The van der Waals surface area contributed by atoms with Gasteiger partial charge in [0, 0.05) is 32.8 Å². The average molecular weight is 497 g/mol. The van der Waals surface area contributed by atoms with E-state index in [1.807, 2.05) is 54.6 Å². The summed E-state index contributed by atoms with van der Waals surface area (Å²) in [6.45, 7) is 0.390. The van der Waals surface area contributed by atoms with Gasteiger partial charge in [0.15, 0.2) is 0 Å². The van der Waals surface area contributed by atoms with E-state index in [2.05, 4.69) is 38.2 Å². The normalized spacial score (nSPS) is 14.3. The van der Waals surface area contributed by atoms with E-state index >= 15 is 0 Å². The number of carbonyl (C=O) groups excluding carboxylic acids is 2. The van der Waals surface area contributed by atoms with Gasteiger partial charge in [-0.2, -0.15) is 0 Å². The third kappa shape index (κ3) is 4.45. The fourth-order valence-corrected chi connectivity index (χ4v) is 3.38. The zero-order valence-electron chi connectivity index (χ0n) is 15.2. The number of pyridine rings is 1. The lowest BCUT2D eigenvalue weighted by molar-refractivity contribution is -0.114. The molecule has 0 unspecified atom stereocenters. The van der Waals surface area contributed by atoms with E-state index in [1.165, 1.54) is 0 Å². The Morgan fingerprint density at radius 1 is 1.00 bits per heavy atom. The van der Waals surface area contributed by atoms with Crippen molar-refractivity contribution < 1.29 is 14.3 Å². The van der Waals surface area contributed by atoms with Crippen LogP contribution in [0.4, 0.5) is 5.69 Å². The number of nitrogens with zero attached hydrogens (tertiary/aromatic N) is 1. The highest BCUT2D eigenvalue weighted by atomic mass is 127. The Morgan fingerprint density at radius 3 is 2.59 bits per heavy atom. The van der Waals surface area contributed by atoms with Gasteiger partial charge in [0.2, 0.25) is 0 Å². The largest absolute Gasteiger partial charge is 0.487 e. The number of aromatic nitrogens is 1. The number of nitrogens with one attached hydrogen (secondary N) is 2. The van der Waals surface area contributed by atoms with E-state index < -0.39 is 5.91 Å². The SMILES string of the molecule is O=C1NC(=O)c2ccc(I)cc2/C1=C/Nc1ccc(OCc2ccccn2)cc1. The first-order valence-electron chi connectivity index (χ1n) is 8.85. The van der Waals surface area contributed by atoms with Gasteiger partial charge in [0.25, 0.3) is 11.8 Å². The third-order valence-electron chi connectivity index (χ3n) is 4.34. The van der Waals surface area contributed by atoms with Crippen molar-refractivity contribution in [2.45, 2.75) is 6.61 Å². The van der Waals surface area contributed by atoms with E-state index in [4.69, 9.17) is 4.74 Å². The van der Waals surface area contributed by atoms with Gasteiger partial charge in [-0.3, -0.25) is 19.9 Å². The van der Waals surface area contributed by atoms with Crippen LogP contribution in [0.5, 0.6) is 5.75 Å². The van der Waals surface area contributed by atoms with Crippen LogP contribution in [0.1, 0.15) is 21.6 Å². The lowest BCUT2D eigenvalue weighted by Crippen LogP contribution is -2.36. The van der Waals surface area contributed by atoms with Crippen LogP contribution in [0.15, 0.2) is 73.1 Å². The summed E-state index contributed by atoms with van der Waals surface area (Å²) in [7, 11) is 0. The molecule has 2 amide bonds. The quantitative estimate of drug-likeness (QED) is 0.317. The highest BCUT2D eigenvalue weighted by Gasteiger charge is 2.27. The first-order chi connectivity index (χ1) is 14.1. The number of hydrogen-bond donors (Lipinski definition) is 2. The summed E-state index contributed by atoms with van der Waals surface area (Å²) in [5, 5.41) is 5.48. The molecule has 0 aliphatic carbocycles. The molecule has 2 heterocycles. The molecular formula is C22H16IN3O3. The topological polar surface area (TPSA) is 80.3 Å². The van der Waals surface area contributed by atoms with Gasteiger partial charge in [0.05, 0.1) is 11.3 Å². The standard InChI is InChI=1S/C22H16IN3O3/c23-14-4-9-18-19(11-14)20(22(28)26-21(18)27)12-25-15-5-7-17(8-6-15)29-13-16-3-1-2-10-24-16/h1-12,25H,13H2,(H,26,27,28)/b20-12-. The smallest absolute Gasteiger partial charge is 0.260 e. The molecule has 3 aromatic rings. The lowest BCUT2D eigenvalue weighted by Gasteiger charge is -2.18. The maximum Gasteiger partial charge on any atom is 0.260 e. The highest BCUT2D eigenvalue weighted by molar-refractivity contribution is 14.1. The molecule has 0 radical (unpaired) electrons. The number of fused-ring (bicyclic) bond motifs is 1. The monoisotopic (exact) mass is 497 g/mol. The predicted molar refractivity (Wildman–Crippen MR) is 118 cm³/mol. The third-order valence-corrected chi connectivity index (χ3v) is 5.01. The number of amides is 2. The van der Waals surface area contributed by atoms with Crippen molar-refractivity contribution in [2.75, 3.05) is 5.32 Å². The molecule has 2 aromatic carbocycles. The summed E-state index contributed by atoms with van der Waals surface area (Å²) in [5.41, 5.74) is 3.16. The zero-order valence-corrected chi connectivity index (χ0v) is 17.3. The second-order valence-electron chi connectivity index (χ2n) is 6.31. The van der Waals surface area contributed by atoms with Gasteiger partial charge in [-0.05, 0) is 77.2 Å². The number of hydrogen-bond acceptors (Lipinski definition) is 5. The molecule has 6 nitrogen and oxygen atoms in total. The van der Waals surface area contributed by atoms with Gasteiger partial charge < -0.3 is 10.1 Å². The van der Waals surface area contributed by atoms with E-state index in [1.54, 1.807) is 18.5 Å². The number of anilines is 1. The Hall–Kier alpha value is -3.20. The van der Waals surface area contributed by atoms with Crippen molar-refractivity contribution >= 4 is 45.7 Å². The van der Waals surface area contributed by atoms with Gasteiger partial charge in [0.1, 0.15) is 12.4 Å². The fraction of sp³-hybridized carbons (Fsp3) is 0.0455. The van der Waals surface area contributed by atoms with Crippen LogP contribution in [0.25, 0.3) is 5.57 Å². The van der Waals surface area contributed by atoms with Crippen LogP contribution in [0, 0.1) is 3.57 Å². The molecule has 0 fully saturated rings. The summed E-state index contributed by atoms with van der Waals surface area (Å²) in [4.78, 5) is 28.6. The Labute approximate surface area is 181 Å². The first-order valence-corrected chi connectivity index (χ1v) is 9.93. The number of halogens is 1. The molecule has 0 spiro atoms.